The molecule has 1 aliphatic heterocycles. The molecule has 0 spiro atoms. The molecule has 0 bridgehead atoms. The Morgan fingerprint density at radius 3 is 2.88 bits per heavy atom. The Bertz CT molecular complexity index is 396. The number of alkyl halides is 1. The predicted molar refractivity (Wildman–Crippen MR) is 61.1 cm³/mol. The van der Waals surface area contributed by atoms with Gasteiger partial charge in [0.25, 0.3) is 5.91 Å². The first-order valence-corrected chi connectivity index (χ1v) is 5.85. The van der Waals surface area contributed by atoms with Gasteiger partial charge in [0.1, 0.15) is 5.82 Å². The first-order chi connectivity index (χ1) is 7.72. The number of likely N-dealkylation sites (tertiary alicyclic amines) is 1. The second-order valence-electron chi connectivity index (χ2n) is 4.04. The Hall–Kier alpha value is -1.09. The van der Waals surface area contributed by atoms with Crippen LogP contribution in [0.2, 0.25) is 0 Å². The Kier molecular flexibility index (Phi) is 3.44. The first kappa shape index (κ1) is 11.4. The average Bonchev–Trinajstić information content (AvgIpc) is 2.77. The molecule has 2 nitrogen and oxygen atoms in total. The van der Waals surface area contributed by atoms with Gasteiger partial charge >= 0.3 is 0 Å². The van der Waals surface area contributed by atoms with E-state index in [-0.39, 0.29) is 11.5 Å². The van der Waals surface area contributed by atoms with Gasteiger partial charge in [0.05, 0.1) is 5.56 Å². The third kappa shape index (κ3) is 2.19. The molecule has 0 radical (unpaired) electrons. The SMILES string of the molecule is O=C(c1ccccc1F)N1CCC(CCl)C1. The van der Waals surface area contributed by atoms with Gasteiger partial charge in [-0.05, 0) is 24.5 Å². The standard InChI is InChI=1S/C12H13ClFNO/c13-7-9-5-6-15(8-9)12(16)10-3-1-2-4-11(10)14/h1-4,9H,5-8H2. The van der Waals surface area contributed by atoms with E-state index in [1.54, 1.807) is 17.0 Å². The molecule has 1 aromatic rings. The van der Waals surface area contributed by atoms with E-state index in [2.05, 4.69) is 0 Å². The topological polar surface area (TPSA) is 20.3 Å². The number of hydrogen-bond donors (Lipinski definition) is 0. The molecule has 1 fully saturated rings. The van der Waals surface area contributed by atoms with Crippen LogP contribution in [0.15, 0.2) is 24.3 Å². The normalized spacial score (nSPS) is 20.1. The lowest BCUT2D eigenvalue weighted by molar-refractivity contribution is 0.0783. The molecule has 0 aliphatic carbocycles. The van der Waals surface area contributed by atoms with E-state index < -0.39 is 5.82 Å². The van der Waals surface area contributed by atoms with Crippen molar-refractivity contribution in [2.45, 2.75) is 6.42 Å². The van der Waals surface area contributed by atoms with E-state index in [0.29, 0.717) is 24.9 Å². The summed E-state index contributed by atoms with van der Waals surface area (Å²) >= 11 is 5.74. The molecular formula is C12H13ClFNO. The van der Waals surface area contributed by atoms with Crippen LogP contribution >= 0.6 is 11.6 Å². The first-order valence-electron chi connectivity index (χ1n) is 5.32. The fourth-order valence-electron chi connectivity index (χ4n) is 1.95. The van der Waals surface area contributed by atoms with Crippen LogP contribution in [0.1, 0.15) is 16.8 Å². The summed E-state index contributed by atoms with van der Waals surface area (Å²) in [6, 6.07) is 6.08. The lowest BCUT2D eigenvalue weighted by Gasteiger charge is -2.16. The number of rotatable bonds is 2. The molecular weight excluding hydrogens is 229 g/mol. The van der Waals surface area contributed by atoms with E-state index in [1.807, 2.05) is 0 Å². The average molecular weight is 242 g/mol. The van der Waals surface area contributed by atoms with Crippen molar-refractivity contribution in [3.63, 3.8) is 0 Å². The highest BCUT2D eigenvalue weighted by molar-refractivity contribution is 6.18. The summed E-state index contributed by atoms with van der Waals surface area (Å²) in [5, 5.41) is 0. The predicted octanol–water partition coefficient (Wildman–Crippen LogP) is 2.53. The highest BCUT2D eigenvalue weighted by Gasteiger charge is 2.27. The molecule has 0 saturated carbocycles. The van der Waals surface area contributed by atoms with Crippen LogP contribution in [-0.4, -0.2) is 29.8 Å². The highest BCUT2D eigenvalue weighted by atomic mass is 35.5. The van der Waals surface area contributed by atoms with Gasteiger partial charge in [0.15, 0.2) is 0 Å². The zero-order valence-electron chi connectivity index (χ0n) is 8.83. The van der Waals surface area contributed by atoms with Crippen LogP contribution in [0.5, 0.6) is 0 Å². The molecule has 0 N–H and O–H groups in total. The van der Waals surface area contributed by atoms with Crippen molar-refractivity contribution in [2.75, 3.05) is 19.0 Å². The van der Waals surface area contributed by atoms with Crippen LogP contribution in [0.25, 0.3) is 0 Å². The summed E-state index contributed by atoms with van der Waals surface area (Å²) in [6.45, 7) is 1.31. The summed E-state index contributed by atoms with van der Waals surface area (Å²) in [5.41, 5.74) is 0.151. The van der Waals surface area contributed by atoms with Crippen LogP contribution in [0, 0.1) is 11.7 Å². The second kappa shape index (κ2) is 4.83. The number of nitrogens with zero attached hydrogens (tertiary/aromatic N) is 1. The Morgan fingerprint density at radius 1 is 1.50 bits per heavy atom. The summed E-state index contributed by atoms with van der Waals surface area (Å²) in [4.78, 5) is 13.6. The molecule has 1 heterocycles. The van der Waals surface area contributed by atoms with Crippen LogP contribution in [0.4, 0.5) is 4.39 Å². The van der Waals surface area contributed by atoms with Crippen molar-refractivity contribution < 1.29 is 9.18 Å². The van der Waals surface area contributed by atoms with Crippen LogP contribution < -0.4 is 0 Å². The molecule has 1 aromatic carbocycles. The maximum atomic E-state index is 13.4. The molecule has 2 rings (SSSR count). The maximum Gasteiger partial charge on any atom is 0.256 e. The van der Waals surface area contributed by atoms with Gasteiger partial charge in [-0.2, -0.15) is 0 Å². The third-order valence-electron chi connectivity index (χ3n) is 2.90. The molecule has 1 unspecified atom stereocenters. The molecule has 1 amide bonds. The van der Waals surface area contributed by atoms with Gasteiger partial charge in [0, 0.05) is 19.0 Å². The largest absolute Gasteiger partial charge is 0.338 e. The van der Waals surface area contributed by atoms with Crippen molar-refractivity contribution in [2.24, 2.45) is 5.92 Å². The van der Waals surface area contributed by atoms with E-state index in [9.17, 15) is 9.18 Å². The summed E-state index contributed by atoms with van der Waals surface area (Å²) in [6.07, 6.45) is 0.906. The molecule has 16 heavy (non-hydrogen) atoms. The van der Waals surface area contributed by atoms with Crippen molar-refractivity contribution in [3.8, 4) is 0 Å². The molecule has 4 heteroatoms. The van der Waals surface area contributed by atoms with Gasteiger partial charge in [-0.15, -0.1) is 11.6 Å². The molecule has 1 saturated heterocycles. The van der Waals surface area contributed by atoms with Crippen LogP contribution in [0.3, 0.4) is 0 Å². The summed E-state index contributed by atoms with van der Waals surface area (Å²) in [5.74, 6) is 0.214. The highest BCUT2D eigenvalue weighted by Crippen LogP contribution is 2.20. The number of amides is 1. The number of carbonyl (C=O) groups excluding carboxylic acids is 1. The monoisotopic (exact) mass is 241 g/mol. The van der Waals surface area contributed by atoms with Crippen molar-refractivity contribution >= 4 is 17.5 Å². The molecule has 1 aliphatic rings. The molecule has 0 aromatic heterocycles. The van der Waals surface area contributed by atoms with Crippen molar-refractivity contribution in [1.82, 2.24) is 4.90 Å². The van der Waals surface area contributed by atoms with E-state index in [0.717, 1.165) is 6.42 Å². The van der Waals surface area contributed by atoms with E-state index in [4.69, 9.17) is 11.6 Å². The van der Waals surface area contributed by atoms with Gasteiger partial charge in [-0.1, -0.05) is 12.1 Å². The number of halogens is 2. The second-order valence-corrected chi connectivity index (χ2v) is 4.35. The lowest BCUT2D eigenvalue weighted by atomic mass is 10.1. The summed E-state index contributed by atoms with van der Waals surface area (Å²) in [7, 11) is 0. The van der Waals surface area contributed by atoms with Crippen molar-refractivity contribution in [3.05, 3.63) is 35.6 Å². The van der Waals surface area contributed by atoms with Gasteiger partial charge in [-0.3, -0.25) is 4.79 Å². The zero-order chi connectivity index (χ0) is 11.5. The number of carbonyl (C=O) groups is 1. The third-order valence-corrected chi connectivity index (χ3v) is 3.33. The lowest BCUT2D eigenvalue weighted by Crippen LogP contribution is -2.29. The minimum absolute atomic E-state index is 0.151. The van der Waals surface area contributed by atoms with Gasteiger partial charge in [0.2, 0.25) is 0 Å². The Morgan fingerprint density at radius 2 is 2.25 bits per heavy atom. The Labute approximate surface area is 99.0 Å². The number of hydrogen-bond acceptors (Lipinski definition) is 1. The fraction of sp³-hybridized carbons (Fsp3) is 0.417. The maximum absolute atomic E-state index is 13.4. The van der Waals surface area contributed by atoms with Gasteiger partial charge < -0.3 is 4.90 Å². The van der Waals surface area contributed by atoms with E-state index in [1.165, 1.54) is 12.1 Å². The van der Waals surface area contributed by atoms with Crippen molar-refractivity contribution in [1.29, 1.82) is 0 Å². The summed E-state index contributed by atoms with van der Waals surface area (Å²) < 4.78 is 13.4. The van der Waals surface area contributed by atoms with E-state index >= 15 is 0 Å². The van der Waals surface area contributed by atoms with Crippen LogP contribution in [-0.2, 0) is 0 Å². The van der Waals surface area contributed by atoms with Gasteiger partial charge in [-0.25, -0.2) is 4.39 Å². The molecule has 1 atom stereocenters. The fourth-order valence-corrected chi connectivity index (χ4v) is 2.20. The number of benzene rings is 1. The smallest absolute Gasteiger partial charge is 0.256 e. The Balaban J connectivity index is 2.12. The minimum Gasteiger partial charge on any atom is -0.338 e. The quantitative estimate of drug-likeness (QED) is 0.729. The minimum atomic E-state index is -0.457. The molecule has 86 valence electrons. The zero-order valence-corrected chi connectivity index (χ0v) is 9.58.